The molecule has 1 aromatic heterocycles. The van der Waals surface area contributed by atoms with Crippen molar-refractivity contribution in [2.24, 2.45) is 5.41 Å². The van der Waals surface area contributed by atoms with Gasteiger partial charge in [-0.2, -0.15) is 0 Å². The highest BCUT2D eigenvalue weighted by molar-refractivity contribution is 5.39. The van der Waals surface area contributed by atoms with Crippen molar-refractivity contribution in [2.45, 2.75) is 40.2 Å². The fourth-order valence-electron chi connectivity index (χ4n) is 1.57. The van der Waals surface area contributed by atoms with Crippen LogP contribution in [0.3, 0.4) is 0 Å². The lowest BCUT2D eigenvalue weighted by molar-refractivity contribution is 0.235. The molecule has 0 amide bonds. The highest BCUT2D eigenvalue weighted by Crippen LogP contribution is 2.25. The van der Waals surface area contributed by atoms with Crippen LogP contribution in [0.15, 0.2) is 12.4 Å². The molecule has 90 valence electrons. The maximum absolute atomic E-state index is 9.07. The lowest BCUT2D eigenvalue weighted by atomic mass is 9.85. The maximum atomic E-state index is 9.07. The molecule has 1 unspecified atom stereocenters. The van der Waals surface area contributed by atoms with Crippen molar-refractivity contribution in [1.82, 2.24) is 9.97 Å². The Morgan fingerprint density at radius 3 is 2.44 bits per heavy atom. The van der Waals surface area contributed by atoms with Gasteiger partial charge in [-0.1, -0.05) is 20.8 Å². The summed E-state index contributed by atoms with van der Waals surface area (Å²) in [5, 5.41) is 12.4. The number of rotatable bonds is 4. The molecule has 1 heterocycles. The van der Waals surface area contributed by atoms with Crippen LogP contribution in [0, 0.1) is 12.3 Å². The zero-order valence-corrected chi connectivity index (χ0v) is 10.5. The Morgan fingerprint density at radius 1 is 1.31 bits per heavy atom. The van der Waals surface area contributed by atoms with Crippen LogP contribution in [-0.2, 0) is 0 Å². The Labute approximate surface area is 97.1 Å². The number of nitrogens with one attached hydrogen (secondary N) is 1. The Bertz CT molecular complexity index is 333. The van der Waals surface area contributed by atoms with Crippen LogP contribution < -0.4 is 5.32 Å². The molecule has 2 N–H and O–H groups in total. The van der Waals surface area contributed by atoms with Gasteiger partial charge in [0.05, 0.1) is 5.69 Å². The zero-order chi connectivity index (χ0) is 12.2. The predicted molar refractivity (Wildman–Crippen MR) is 65.3 cm³/mol. The minimum absolute atomic E-state index is 0.0761. The Morgan fingerprint density at radius 2 is 1.94 bits per heavy atom. The normalized spacial score (nSPS) is 13.6. The molecule has 16 heavy (non-hydrogen) atoms. The van der Waals surface area contributed by atoms with Crippen LogP contribution in [0.2, 0.25) is 0 Å². The number of aromatic nitrogens is 2. The maximum Gasteiger partial charge on any atom is 0.147 e. The van der Waals surface area contributed by atoms with Gasteiger partial charge in [0.25, 0.3) is 0 Å². The molecule has 0 saturated carbocycles. The SMILES string of the molecule is Cc1nccnc1NC(CCO)C(C)(C)C. The number of hydrogen-bond donors (Lipinski definition) is 2. The second-order valence-electron chi connectivity index (χ2n) is 5.07. The van der Waals surface area contributed by atoms with Crippen LogP contribution in [0.1, 0.15) is 32.9 Å². The van der Waals surface area contributed by atoms with E-state index in [9.17, 15) is 0 Å². The average molecular weight is 223 g/mol. The molecule has 0 radical (unpaired) electrons. The largest absolute Gasteiger partial charge is 0.396 e. The monoisotopic (exact) mass is 223 g/mol. The molecule has 4 heteroatoms. The van der Waals surface area contributed by atoms with E-state index in [0.29, 0.717) is 6.42 Å². The fourth-order valence-corrected chi connectivity index (χ4v) is 1.57. The third kappa shape index (κ3) is 3.45. The number of aliphatic hydroxyl groups is 1. The average Bonchev–Trinajstić information content (AvgIpc) is 2.19. The first-order valence-electron chi connectivity index (χ1n) is 5.60. The second-order valence-corrected chi connectivity index (χ2v) is 5.07. The summed E-state index contributed by atoms with van der Waals surface area (Å²) in [6, 6.07) is 0.188. The molecule has 0 spiro atoms. The van der Waals surface area contributed by atoms with Crippen LogP contribution >= 0.6 is 0 Å². The highest BCUT2D eigenvalue weighted by Gasteiger charge is 2.24. The van der Waals surface area contributed by atoms with Crippen LogP contribution in [0.5, 0.6) is 0 Å². The number of aryl methyl sites for hydroxylation is 1. The lowest BCUT2D eigenvalue weighted by Gasteiger charge is -2.31. The van der Waals surface area contributed by atoms with Gasteiger partial charge in [-0.25, -0.2) is 4.98 Å². The summed E-state index contributed by atoms with van der Waals surface area (Å²) in [5.41, 5.74) is 0.960. The predicted octanol–water partition coefficient (Wildman–Crippen LogP) is 1.99. The highest BCUT2D eigenvalue weighted by atomic mass is 16.3. The van der Waals surface area contributed by atoms with Gasteiger partial charge in [0.2, 0.25) is 0 Å². The number of aliphatic hydroxyl groups excluding tert-OH is 1. The smallest absolute Gasteiger partial charge is 0.147 e. The molecular formula is C12H21N3O. The van der Waals surface area contributed by atoms with Gasteiger partial charge in [0.1, 0.15) is 5.82 Å². The molecule has 0 aliphatic carbocycles. The van der Waals surface area contributed by atoms with Gasteiger partial charge in [-0.3, -0.25) is 4.98 Å². The van der Waals surface area contributed by atoms with Crippen molar-refractivity contribution in [3.63, 3.8) is 0 Å². The zero-order valence-electron chi connectivity index (χ0n) is 10.5. The summed E-state index contributed by atoms with van der Waals surface area (Å²) in [6.45, 7) is 8.53. The Hall–Kier alpha value is -1.16. The summed E-state index contributed by atoms with van der Waals surface area (Å²) in [7, 11) is 0. The third-order valence-electron chi connectivity index (χ3n) is 2.66. The van der Waals surface area contributed by atoms with Crippen molar-refractivity contribution in [2.75, 3.05) is 11.9 Å². The van der Waals surface area contributed by atoms with Gasteiger partial charge in [-0.05, 0) is 18.8 Å². The Balaban J connectivity index is 2.80. The molecule has 1 atom stereocenters. The van der Waals surface area contributed by atoms with Gasteiger partial charge in [-0.15, -0.1) is 0 Å². The number of nitrogens with zero attached hydrogens (tertiary/aromatic N) is 2. The third-order valence-corrected chi connectivity index (χ3v) is 2.66. The molecule has 0 bridgehead atoms. The van der Waals surface area contributed by atoms with Crippen molar-refractivity contribution in [3.05, 3.63) is 18.1 Å². The number of hydrogen-bond acceptors (Lipinski definition) is 4. The van der Waals surface area contributed by atoms with Gasteiger partial charge in [0, 0.05) is 25.0 Å². The molecule has 1 rings (SSSR count). The summed E-state index contributed by atoms with van der Waals surface area (Å²) >= 11 is 0. The van der Waals surface area contributed by atoms with E-state index in [1.165, 1.54) is 0 Å². The lowest BCUT2D eigenvalue weighted by Crippen LogP contribution is -2.35. The molecule has 0 fully saturated rings. The molecule has 1 aromatic rings. The summed E-state index contributed by atoms with van der Waals surface area (Å²) in [5.74, 6) is 0.802. The van der Waals surface area contributed by atoms with Crippen molar-refractivity contribution in [3.8, 4) is 0 Å². The quantitative estimate of drug-likeness (QED) is 0.819. The van der Waals surface area contributed by atoms with Crippen molar-refractivity contribution in [1.29, 1.82) is 0 Å². The topological polar surface area (TPSA) is 58.0 Å². The van der Waals surface area contributed by atoms with E-state index in [1.807, 2.05) is 6.92 Å². The molecule has 4 nitrogen and oxygen atoms in total. The first-order valence-corrected chi connectivity index (χ1v) is 5.60. The first kappa shape index (κ1) is 12.9. The summed E-state index contributed by atoms with van der Waals surface area (Å²) < 4.78 is 0. The van der Waals surface area contributed by atoms with E-state index in [1.54, 1.807) is 12.4 Å². The first-order chi connectivity index (χ1) is 7.45. The van der Waals surface area contributed by atoms with Crippen molar-refractivity contribution >= 4 is 5.82 Å². The summed E-state index contributed by atoms with van der Waals surface area (Å²) in [6.07, 6.45) is 4.06. The van der Waals surface area contributed by atoms with E-state index in [4.69, 9.17) is 5.11 Å². The van der Waals surface area contributed by atoms with E-state index >= 15 is 0 Å². The molecule has 0 aromatic carbocycles. The molecule has 0 aliphatic heterocycles. The van der Waals surface area contributed by atoms with Crippen molar-refractivity contribution < 1.29 is 5.11 Å². The molecule has 0 aliphatic rings. The summed E-state index contributed by atoms with van der Waals surface area (Å²) in [4.78, 5) is 8.45. The fraction of sp³-hybridized carbons (Fsp3) is 0.667. The Kier molecular flexibility index (Phi) is 4.24. The minimum Gasteiger partial charge on any atom is -0.396 e. The number of anilines is 1. The van der Waals surface area contributed by atoms with Crippen LogP contribution in [-0.4, -0.2) is 27.7 Å². The van der Waals surface area contributed by atoms with E-state index in [-0.39, 0.29) is 18.1 Å². The molecule has 0 saturated heterocycles. The minimum atomic E-state index is 0.0761. The van der Waals surface area contributed by atoms with Crippen LogP contribution in [0.25, 0.3) is 0 Å². The van der Waals surface area contributed by atoms with E-state index < -0.39 is 0 Å². The molecular weight excluding hydrogens is 202 g/mol. The standard InChI is InChI=1S/C12H21N3O/c1-9-11(14-7-6-13-9)15-10(5-8-16)12(2,3)4/h6-7,10,16H,5,8H2,1-4H3,(H,14,15). The van der Waals surface area contributed by atoms with Gasteiger partial charge in [0.15, 0.2) is 0 Å². The van der Waals surface area contributed by atoms with Crippen LogP contribution in [0.4, 0.5) is 5.82 Å². The van der Waals surface area contributed by atoms with E-state index in [2.05, 4.69) is 36.1 Å². The second kappa shape index (κ2) is 5.25. The van der Waals surface area contributed by atoms with Gasteiger partial charge < -0.3 is 10.4 Å². The van der Waals surface area contributed by atoms with E-state index in [0.717, 1.165) is 11.5 Å². The van der Waals surface area contributed by atoms with Gasteiger partial charge >= 0.3 is 0 Å².